The molecule has 0 radical (unpaired) electrons. The smallest absolute Gasteiger partial charge is 0.234 e. The van der Waals surface area contributed by atoms with Crippen LogP contribution in [0.25, 0.3) is 0 Å². The number of carbonyl (C=O) groups is 2. The van der Waals surface area contributed by atoms with E-state index in [1.807, 2.05) is 32.7 Å². The first kappa shape index (κ1) is 18.2. The normalized spacial score (nSPS) is 23.7. The first-order chi connectivity index (χ1) is 10.8. The minimum atomic E-state index is -0.350. The molecule has 0 spiro atoms. The van der Waals surface area contributed by atoms with Crippen LogP contribution in [0.5, 0.6) is 0 Å². The van der Waals surface area contributed by atoms with Crippen LogP contribution in [0.4, 0.5) is 0 Å². The summed E-state index contributed by atoms with van der Waals surface area (Å²) in [6, 6.07) is 0.600. The summed E-state index contributed by atoms with van der Waals surface area (Å²) in [4.78, 5) is 28.7. The topological polar surface area (TPSA) is 52.7 Å². The summed E-state index contributed by atoms with van der Waals surface area (Å²) < 4.78 is 0. The summed E-state index contributed by atoms with van der Waals surface area (Å²) in [6.07, 6.45) is 6.78. The highest BCUT2D eigenvalue weighted by atomic mass is 16.2. The van der Waals surface area contributed by atoms with E-state index in [9.17, 15) is 9.59 Å². The molecule has 2 rings (SSSR count). The largest absolute Gasteiger partial charge is 0.352 e. The highest BCUT2D eigenvalue weighted by molar-refractivity contribution is 5.81. The molecule has 1 N–H and O–H groups in total. The Hall–Kier alpha value is -1.10. The van der Waals surface area contributed by atoms with E-state index in [0.717, 1.165) is 38.8 Å². The molecular formula is C18H33N3O2. The number of carbonyl (C=O) groups excluding carboxylic acids is 2. The Morgan fingerprint density at radius 2 is 1.78 bits per heavy atom. The van der Waals surface area contributed by atoms with Crippen molar-refractivity contribution >= 4 is 11.8 Å². The fourth-order valence-electron chi connectivity index (χ4n) is 3.73. The lowest BCUT2D eigenvalue weighted by Gasteiger charge is -2.39. The van der Waals surface area contributed by atoms with Gasteiger partial charge in [-0.1, -0.05) is 33.6 Å². The van der Waals surface area contributed by atoms with E-state index in [1.165, 1.54) is 12.8 Å². The molecule has 1 saturated carbocycles. The van der Waals surface area contributed by atoms with Crippen LogP contribution >= 0.6 is 0 Å². The molecule has 2 aliphatic rings. The van der Waals surface area contributed by atoms with Gasteiger partial charge in [0, 0.05) is 31.1 Å². The number of nitrogens with zero attached hydrogens (tertiary/aromatic N) is 2. The first-order valence-corrected chi connectivity index (χ1v) is 9.06. The number of hydrogen-bond donors (Lipinski definition) is 1. The average Bonchev–Trinajstić information content (AvgIpc) is 2.97. The van der Waals surface area contributed by atoms with Gasteiger partial charge in [0.15, 0.2) is 0 Å². The van der Waals surface area contributed by atoms with E-state index < -0.39 is 0 Å². The molecule has 1 heterocycles. The number of amides is 2. The number of nitrogens with one attached hydrogen (secondary N) is 1. The molecule has 0 aromatic rings. The van der Waals surface area contributed by atoms with Gasteiger partial charge in [-0.25, -0.2) is 0 Å². The molecule has 0 bridgehead atoms. The van der Waals surface area contributed by atoms with Gasteiger partial charge in [-0.15, -0.1) is 0 Å². The van der Waals surface area contributed by atoms with E-state index in [2.05, 4.69) is 10.2 Å². The maximum atomic E-state index is 12.5. The summed E-state index contributed by atoms with van der Waals surface area (Å²) in [6.45, 7) is 8.09. The van der Waals surface area contributed by atoms with E-state index in [-0.39, 0.29) is 23.3 Å². The van der Waals surface area contributed by atoms with Crippen molar-refractivity contribution in [1.82, 2.24) is 15.1 Å². The lowest BCUT2D eigenvalue weighted by molar-refractivity contribution is -0.141. The zero-order valence-electron chi connectivity index (χ0n) is 15.2. The molecule has 1 unspecified atom stereocenters. The van der Waals surface area contributed by atoms with E-state index in [1.54, 1.807) is 0 Å². The van der Waals surface area contributed by atoms with Gasteiger partial charge in [0.25, 0.3) is 0 Å². The lowest BCUT2D eigenvalue weighted by Crippen LogP contribution is -2.53. The van der Waals surface area contributed by atoms with E-state index in [4.69, 9.17) is 0 Å². The maximum Gasteiger partial charge on any atom is 0.234 e. The fourth-order valence-corrected chi connectivity index (χ4v) is 3.73. The third-order valence-electron chi connectivity index (χ3n) is 5.08. The van der Waals surface area contributed by atoms with Gasteiger partial charge in [0.1, 0.15) is 0 Å². The Labute approximate surface area is 140 Å². The Morgan fingerprint density at radius 3 is 2.39 bits per heavy atom. The van der Waals surface area contributed by atoms with Crippen LogP contribution in [-0.4, -0.2) is 60.4 Å². The van der Waals surface area contributed by atoms with Crippen LogP contribution in [-0.2, 0) is 9.59 Å². The van der Waals surface area contributed by atoms with Gasteiger partial charge in [0.2, 0.25) is 11.8 Å². The highest BCUT2D eigenvalue weighted by Gasteiger charge is 2.32. The Morgan fingerprint density at radius 1 is 1.13 bits per heavy atom. The molecule has 5 heteroatoms. The molecule has 0 aromatic heterocycles. The molecule has 1 aliphatic heterocycles. The van der Waals surface area contributed by atoms with Gasteiger partial charge in [-0.2, -0.15) is 0 Å². The lowest BCUT2D eigenvalue weighted by atomic mass is 9.93. The molecular weight excluding hydrogens is 290 g/mol. The molecule has 132 valence electrons. The molecule has 5 nitrogen and oxygen atoms in total. The number of piperidine rings is 1. The first-order valence-electron chi connectivity index (χ1n) is 9.06. The van der Waals surface area contributed by atoms with Crippen LogP contribution in [0, 0.1) is 5.41 Å². The Bertz CT molecular complexity index is 424. The van der Waals surface area contributed by atoms with Gasteiger partial charge >= 0.3 is 0 Å². The number of likely N-dealkylation sites (N-methyl/N-ethyl adjacent to an activating group) is 1. The van der Waals surface area contributed by atoms with E-state index >= 15 is 0 Å². The average molecular weight is 323 g/mol. The molecule has 1 atom stereocenters. The Kier molecular flexibility index (Phi) is 6.06. The summed E-state index contributed by atoms with van der Waals surface area (Å²) in [5, 5.41) is 3.16. The maximum absolute atomic E-state index is 12.5. The van der Waals surface area contributed by atoms with Crippen LogP contribution in [0.15, 0.2) is 0 Å². The van der Waals surface area contributed by atoms with Gasteiger partial charge in [-0.3, -0.25) is 14.5 Å². The molecule has 0 aromatic carbocycles. The molecule has 23 heavy (non-hydrogen) atoms. The van der Waals surface area contributed by atoms with E-state index in [0.29, 0.717) is 12.6 Å². The van der Waals surface area contributed by atoms with Crippen molar-refractivity contribution in [2.24, 2.45) is 5.41 Å². The van der Waals surface area contributed by atoms with Crippen molar-refractivity contribution in [2.75, 3.05) is 26.7 Å². The Balaban J connectivity index is 1.82. The molecule has 1 saturated heterocycles. The van der Waals surface area contributed by atoms with Crippen LogP contribution in [0.2, 0.25) is 0 Å². The van der Waals surface area contributed by atoms with Gasteiger partial charge in [0.05, 0.1) is 6.54 Å². The molecule has 2 amide bonds. The second-order valence-electron chi connectivity index (χ2n) is 8.25. The summed E-state index contributed by atoms with van der Waals surface area (Å²) in [5.41, 5.74) is -0.350. The predicted octanol–water partition coefficient (Wildman–Crippen LogP) is 2.01. The zero-order valence-corrected chi connectivity index (χ0v) is 15.2. The molecule has 1 aliphatic carbocycles. The standard InChI is InChI=1S/C18H33N3O2/c1-18(2,3)17(23)20(4)15-10-7-11-21(12-15)13-16(22)19-14-8-5-6-9-14/h14-15H,5-13H2,1-4H3,(H,19,22). The summed E-state index contributed by atoms with van der Waals surface area (Å²) in [7, 11) is 1.90. The van der Waals surface area contributed by atoms with Crippen molar-refractivity contribution in [2.45, 2.75) is 71.4 Å². The fraction of sp³-hybridized carbons (Fsp3) is 0.889. The second kappa shape index (κ2) is 7.65. The third-order valence-corrected chi connectivity index (χ3v) is 5.08. The molecule has 2 fully saturated rings. The minimum absolute atomic E-state index is 0.141. The SMILES string of the molecule is CN(C(=O)C(C)(C)C)C1CCCN(CC(=O)NC2CCCC2)C1. The van der Waals surface area contributed by atoms with Gasteiger partial charge in [-0.05, 0) is 32.2 Å². The number of rotatable bonds is 4. The zero-order chi connectivity index (χ0) is 17.0. The highest BCUT2D eigenvalue weighted by Crippen LogP contribution is 2.22. The van der Waals surface area contributed by atoms with Gasteiger partial charge < -0.3 is 10.2 Å². The van der Waals surface area contributed by atoms with Crippen molar-refractivity contribution in [3.05, 3.63) is 0 Å². The monoisotopic (exact) mass is 323 g/mol. The van der Waals surface area contributed by atoms with Crippen molar-refractivity contribution in [3.8, 4) is 0 Å². The predicted molar refractivity (Wildman–Crippen MR) is 92.1 cm³/mol. The third kappa shape index (κ3) is 5.20. The quantitative estimate of drug-likeness (QED) is 0.861. The van der Waals surface area contributed by atoms with Crippen LogP contribution < -0.4 is 5.32 Å². The minimum Gasteiger partial charge on any atom is -0.352 e. The van der Waals surface area contributed by atoms with Crippen molar-refractivity contribution in [1.29, 1.82) is 0 Å². The van der Waals surface area contributed by atoms with Crippen LogP contribution in [0.1, 0.15) is 59.3 Å². The van der Waals surface area contributed by atoms with Crippen molar-refractivity contribution in [3.63, 3.8) is 0 Å². The van der Waals surface area contributed by atoms with Crippen LogP contribution in [0.3, 0.4) is 0 Å². The summed E-state index contributed by atoms with van der Waals surface area (Å²) >= 11 is 0. The summed E-state index contributed by atoms with van der Waals surface area (Å²) in [5.74, 6) is 0.321. The second-order valence-corrected chi connectivity index (χ2v) is 8.25. The number of hydrogen-bond acceptors (Lipinski definition) is 3. The van der Waals surface area contributed by atoms with Crippen molar-refractivity contribution < 1.29 is 9.59 Å². The number of likely N-dealkylation sites (tertiary alicyclic amines) is 1.